The fourth-order valence-corrected chi connectivity index (χ4v) is 4.26. The molecule has 4 rings (SSSR count). The molecule has 1 aromatic carbocycles. The summed E-state index contributed by atoms with van der Waals surface area (Å²) in [5.41, 5.74) is 2.37. The van der Waals surface area contributed by atoms with Gasteiger partial charge in [-0.15, -0.1) is 11.3 Å². The molecule has 4 nitrogen and oxygen atoms in total. The molecule has 1 aliphatic rings. The summed E-state index contributed by atoms with van der Waals surface area (Å²) in [7, 11) is 0. The molecule has 0 unspecified atom stereocenters. The van der Waals surface area contributed by atoms with Crippen LogP contribution in [-0.4, -0.2) is 21.7 Å². The first-order chi connectivity index (χ1) is 12.8. The van der Waals surface area contributed by atoms with Gasteiger partial charge in [0.25, 0.3) is 5.91 Å². The van der Waals surface area contributed by atoms with E-state index in [0.29, 0.717) is 5.56 Å². The maximum atomic E-state index is 13.0. The molecule has 1 amide bonds. The van der Waals surface area contributed by atoms with Crippen molar-refractivity contribution < 1.29 is 4.79 Å². The number of rotatable bonds is 4. The van der Waals surface area contributed by atoms with Gasteiger partial charge in [0.2, 0.25) is 0 Å². The van der Waals surface area contributed by atoms with E-state index in [9.17, 15) is 4.79 Å². The van der Waals surface area contributed by atoms with Gasteiger partial charge in [-0.2, -0.15) is 5.10 Å². The minimum Gasteiger partial charge on any atom is -0.349 e. The summed E-state index contributed by atoms with van der Waals surface area (Å²) in [6, 6.07) is 14.2. The Bertz CT molecular complexity index is 847. The lowest BCUT2D eigenvalue weighted by Gasteiger charge is -2.15. The molecule has 134 valence electrons. The molecule has 0 bridgehead atoms. The summed E-state index contributed by atoms with van der Waals surface area (Å²) in [6.45, 7) is 0. The summed E-state index contributed by atoms with van der Waals surface area (Å²) < 4.78 is 1.80. The second-order valence-electron chi connectivity index (χ2n) is 6.81. The Morgan fingerprint density at radius 1 is 1.04 bits per heavy atom. The van der Waals surface area contributed by atoms with Gasteiger partial charge in [-0.25, -0.2) is 4.68 Å². The zero-order valence-corrected chi connectivity index (χ0v) is 15.5. The molecule has 0 spiro atoms. The molecule has 1 saturated carbocycles. The number of thiophene rings is 1. The molecule has 0 radical (unpaired) electrons. The average Bonchev–Trinajstić information content (AvgIpc) is 3.28. The number of nitrogens with zero attached hydrogens (tertiary/aromatic N) is 2. The fraction of sp³-hybridized carbons (Fsp3) is 0.333. The van der Waals surface area contributed by atoms with Gasteiger partial charge in [0, 0.05) is 12.2 Å². The highest BCUT2D eigenvalue weighted by molar-refractivity contribution is 7.13. The maximum absolute atomic E-state index is 13.0. The minimum atomic E-state index is -0.0116. The Morgan fingerprint density at radius 3 is 2.50 bits per heavy atom. The van der Waals surface area contributed by atoms with Gasteiger partial charge in [-0.3, -0.25) is 4.79 Å². The van der Waals surface area contributed by atoms with Crippen LogP contribution in [0.1, 0.15) is 48.9 Å². The van der Waals surface area contributed by atoms with Gasteiger partial charge >= 0.3 is 0 Å². The van der Waals surface area contributed by atoms with E-state index in [1.807, 2.05) is 54.0 Å². The maximum Gasteiger partial charge on any atom is 0.255 e. The van der Waals surface area contributed by atoms with E-state index in [0.717, 1.165) is 29.1 Å². The third-order valence-corrected chi connectivity index (χ3v) is 5.80. The van der Waals surface area contributed by atoms with Crippen LogP contribution in [0.15, 0.2) is 54.0 Å². The lowest BCUT2D eigenvalue weighted by atomic mass is 10.1. The highest BCUT2D eigenvalue weighted by Gasteiger charge is 2.22. The second-order valence-corrected chi connectivity index (χ2v) is 7.76. The van der Waals surface area contributed by atoms with Crippen molar-refractivity contribution in [1.82, 2.24) is 15.1 Å². The van der Waals surface area contributed by atoms with Crippen molar-refractivity contribution in [1.29, 1.82) is 0 Å². The Hall–Kier alpha value is -2.40. The molecule has 2 heterocycles. The Labute approximate surface area is 157 Å². The summed E-state index contributed by atoms with van der Waals surface area (Å²) >= 11 is 1.61. The predicted molar refractivity (Wildman–Crippen MR) is 106 cm³/mol. The van der Waals surface area contributed by atoms with Crippen LogP contribution in [0.4, 0.5) is 0 Å². The van der Waals surface area contributed by atoms with Crippen molar-refractivity contribution in [2.24, 2.45) is 0 Å². The first-order valence-corrected chi connectivity index (χ1v) is 10.2. The molecule has 1 fully saturated rings. The molecule has 0 aliphatic heterocycles. The number of hydrogen-bond acceptors (Lipinski definition) is 3. The van der Waals surface area contributed by atoms with E-state index in [4.69, 9.17) is 5.10 Å². The number of hydrogen-bond donors (Lipinski definition) is 1. The number of carbonyl (C=O) groups excluding carboxylic acids is 1. The highest BCUT2D eigenvalue weighted by Crippen LogP contribution is 2.28. The standard InChI is InChI=1S/C21H23N3OS/c25-21(22-16-9-4-1-2-5-10-16)18-15-24(17-11-6-3-7-12-17)23-20(18)19-13-8-14-26-19/h3,6-8,11-16H,1-2,4-5,9-10H2,(H,22,25). The van der Waals surface area contributed by atoms with Gasteiger partial charge in [0.05, 0.1) is 16.1 Å². The number of aromatic nitrogens is 2. The third-order valence-electron chi connectivity index (χ3n) is 4.92. The van der Waals surface area contributed by atoms with E-state index < -0.39 is 0 Å². The van der Waals surface area contributed by atoms with Crippen LogP contribution in [0.5, 0.6) is 0 Å². The summed E-state index contributed by atoms with van der Waals surface area (Å²) in [4.78, 5) is 14.0. The highest BCUT2D eigenvalue weighted by atomic mass is 32.1. The van der Waals surface area contributed by atoms with Gasteiger partial charge in [-0.05, 0) is 36.4 Å². The third kappa shape index (κ3) is 3.73. The largest absolute Gasteiger partial charge is 0.349 e. The zero-order valence-electron chi connectivity index (χ0n) is 14.7. The fourth-order valence-electron chi connectivity index (χ4n) is 3.54. The van der Waals surface area contributed by atoms with Gasteiger partial charge < -0.3 is 5.32 Å². The number of para-hydroxylation sites is 1. The Kier molecular flexibility index (Phi) is 5.16. The van der Waals surface area contributed by atoms with Crippen molar-refractivity contribution in [3.05, 3.63) is 59.6 Å². The second kappa shape index (κ2) is 7.87. The van der Waals surface area contributed by atoms with Crippen LogP contribution in [0.25, 0.3) is 16.3 Å². The lowest BCUT2D eigenvalue weighted by Crippen LogP contribution is -2.34. The number of amides is 1. The van der Waals surface area contributed by atoms with E-state index in [2.05, 4.69) is 5.32 Å². The molecular weight excluding hydrogens is 342 g/mol. The molecule has 1 N–H and O–H groups in total. The van der Waals surface area contributed by atoms with Crippen molar-refractivity contribution in [2.45, 2.75) is 44.6 Å². The SMILES string of the molecule is O=C(NC1CCCCCC1)c1cn(-c2ccccc2)nc1-c1cccs1. The normalized spacial score (nSPS) is 15.5. The predicted octanol–water partition coefficient (Wildman–Crippen LogP) is 5.05. The Balaban J connectivity index is 1.65. The topological polar surface area (TPSA) is 46.9 Å². The number of carbonyl (C=O) groups is 1. The van der Waals surface area contributed by atoms with Crippen LogP contribution in [-0.2, 0) is 0 Å². The van der Waals surface area contributed by atoms with Crippen molar-refractivity contribution in [3.63, 3.8) is 0 Å². The smallest absolute Gasteiger partial charge is 0.255 e. The van der Waals surface area contributed by atoms with Crippen LogP contribution in [0.2, 0.25) is 0 Å². The first-order valence-electron chi connectivity index (χ1n) is 9.31. The first kappa shape index (κ1) is 17.0. The van der Waals surface area contributed by atoms with Gasteiger partial charge in [-0.1, -0.05) is 49.9 Å². The molecular formula is C21H23N3OS. The van der Waals surface area contributed by atoms with Crippen LogP contribution >= 0.6 is 11.3 Å². The molecule has 3 aromatic rings. The molecule has 1 aliphatic carbocycles. The number of benzene rings is 1. The minimum absolute atomic E-state index is 0.0116. The van der Waals surface area contributed by atoms with Crippen LogP contribution in [0, 0.1) is 0 Å². The molecule has 0 saturated heterocycles. The quantitative estimate of drug-likeness (QED) is 0.657. The summed E-state index contributed by atoms with van der Waals surface area (Å²) in [5.74, 6) is -0.0116. The van der Waals surface area contributed by atoms with Crippen molar-refractivity contribution in [3.8, 4) is 16.3 Å². The van der Waals surface area contributed by atoms with Gasteiger partial charge in [0.15, 0.2) is 0 Å². The van der Waals surface area contributed by atoms with E-state index in [1.54, 1.807) is 16.0 Å². The Morgan fingerprint density at radius 2 is 1.81 bits per heavy atom. The molecule has 26 heavy (non-hydrogen) atoms. The van der Waals surface area contributed by atoms with E-state index >= 15 is 0 Å². The van der Waals surface area contributed by atoms with Crippen LogP contribution < -0.4 is 5.32 Å². The monoisotopic (exact) mass is 365 g/mol. The zero-order chi connectivity index (χ0) is 17.8. The van der Waals surface area contributed by atoms with Crippen LogP contribution in [0.3, 0.4) is 0 Å². The lowest BCUT2D eigenvalue weighted by molar-refractivity contribution is 0.0934. The molecule has 5 heteroatoms. The van der Waals surface area contributed by atoms with E-state index in [1.165, 1.54) is 25.7 Å². The van der Waals surface area contributed by atoms with Crippen molar-refractivity contribution in [2.75, 3.05) is 0 Å². The summed E-state index contributed by atoms with van der Waals surface area (Å²) in [6.07, 6.45) is 8.96. The van der Waals surface area contributed by atoms with Crippen molar-refractivity contribution >= 4 is 17.2 Å². The summed E-state index contributed by atoms with van der Waals surface area (Å²) in [5, 5.41) is 9.99. The number of nitrogens with one attached hydrogen (secondary N) is 1. The average molecular weight is 366 g/mol. The molecule has 2 aromatic heterocycles. The van der Waals surface area contributed by atoms with Gasteiger partial charge in [0.1, 0.15) is 5.69 Å². The van der Waals surface area contributed by atoms with E-state index in [-0.39, 0.29) is 11.9 Å². The molecule has 0 atom stereocenters.